The van der Waals surface area contributed by atoms with Gasteiger partial charge in [0, 0.05) is 17.8 Å². The van der Waals surface area contributed by atoms with Crippen LogP contribution in [0.25, 0.3) is 10.9 Å². The van der Waals surface area contributed by atoms with Crippen molar-refractivity contribution >= 4 is 28.5 Å². The van der Waals surface area contributed by atoms with Crippen molar-refractivity contribution in [2.75, 3.05) is 12.4 Å². The lowest BCUT2D eigenvalue weighted by atomic mass is 10.2. The SMILES string of the molecule is COc1ccc2[nH]c(C(=O)[O-])c(NC(C)=O)c2c1. The number of hydrogen-bond acceptors (Lipinski definition) is 4. The molecule has 0 bridgehead atoms. The Morgan fingerprint density at radius 2 is 2.11 bits per heavy atom. The van der Waals surface area contributed by atoms with Crippen molar-refractivity contribution < 1.29 is 19.4 Å². The Bertz CT molecular complexity index is 630. The highest BCUT2D eigenvalue weighted by Gasteiger charge is 2.14. The largest absolute Gasteiger partial charge is 0.543 e. The van der Waals surface area contributed by atoms with Gasteiger partial charge in [0.2, 0.25) is 5.91 Å². The molecule has 0 aliphatic carbocycles. The van der Waals surface area contributed by atoms with Crippen molar-refractivity contribution in [1.29, 1.82) is 0 Å². The maximum atomic E-state index is 11.1. The Kier molecular flexibility index (Phi) is 2.93. The molecule has 0 unspecified atom stereocenters. The van der Waals surface area contributed by atoms with Crippen molar-refractivity contribution in [3.05, 3.63) is 23.9 Å². The van der Waals surface area contributed by atoms with Gasteiger partial charge in [-0.25, -0.2) is 0 Å². The topological polar surface area (TPSA) is 94.2 Å². The summed E-state index contributed by atoms with van der Waals surface area (Å²) in [6.45, 7) is 1.30. The zero-order chi connectivity index (χ0) is 13.3. The van der Waals surface area contributed by atoms with Gasteiger partial charge in [-0.3, -0.25) is 4.79 Å². The van der Waals surface area contributed by atoms with Gasteiger partial charge in [0.25, 0.3) is 0 Å². The first-order valence-electron chi connectivity index (χ1n) is 5.21. The number of carboxylic acids is 1. The lowest BCUT2D eigenvalue weighted by Gasteiger charge is -2.06. The molecule has 2 N–H and O–H groups in total. The number of anilines is 1. The standard InChI is InChI=1S/C12H12N2O4/c1-6(15)13-10-8-5-7(18-2)3-4-9(8)14-11(10)12(16)17/h3-5,14H,1-2H3,(H,13,15)(H,16,17)/p-1. The van der Waals surface area contributed by atoms with Crippen molar-refractivity contribution in [2.24, 2.45) is 0 Å². The molecular formula is C12H11N2O4-. The minimum absolute atomic E-state index is 0.159. The van der Waals surface area contributed by atoms with Crippen LogP contribution in [0.1, 0.15) is 17.4 Å². The zero-order valence-electron chi connectivity index (χ0n) is 9.87. The third-order valence-corrected chi connectivity index (χ3v) is 2.51. The van der Waals surface area contributed by atoms with E-state index >= 15 is 0 Å². The second-order valence-electron chi connectivity index (χ2n) is 3.76. The Balaban J connectivity index is 2.69. The molecule has 2 rings (SSSR count). The highest BCUT2D eigenvalue weighted by molar-refractivity contribution is 6.10. The number of hydrogen-bond donors (Lipinski definition) is 2. The molecule has 1 heterocycles. The predicted octanol–water partition coefficient (Wildman–Crippen LogP) is 0.498. The number of amides is 1. The van der Waals surface area contributed by atoms with Crippen LogP contribution in [0.15, 0.2) is 18.2 Å². The molecule has 0 saturated heterocycles. The number of H-pyrrole nitrogens is 1. The van der Waals surface area contributed by atoms with Crippen LogP contribution in [-0.2, 0) is 4.79 Å². The van der Waals surface area contributed by atoms with Crippen molar-refractivity contribution in [3.63, 3.8) is 0 Å². The lowest BCUT2D eigenvalue weighted by Crippen LogP contribution is -2.24. The summed E-state index contributed by atoms with van der Waals surface area (Å²) in [6.07, 6.45) is 0. The second-order valence-corrected chi connectivity index (χ2v) is 3.76. The van der Waals surface area contributed by atoms with Gasteiger partial charge in [-0.05, 0) is 18.2 Å². The molecule has 2 aromatic rings. The summed E-state index contributed by atoms with van der Waals surface area (Å²) in [6, 6.07) is 5.00. The quantitative estimate of drug-likeness (QED) is 0.825. The molecule has 18 heavy (non-hydrogen) atoms. The van der Waals surface area contributed by atoms with E-state index in [9.17, 15) is 14.7 Å². The number of rotatable bonds is 3. The number of aromatic nitrogens is 1. The number of carbonyl (C=O) groups is 2. The third-order valence-electron chi connectivity index (χ3n) is 2.51. The third kappa shape index (κ3) is 2.00. The average Bonchev–Trinajstić information content (AvgIpc) is 2.67. The van der Waals surface area contributed by atoms with Crippen LogP contribution in [0.3, 0.4) is 0 Å². The molecule has 0 aliphatic heterocycles. The second kappa shape index (κ2) is 4.40. The van der Waals surface area contributed by atoms with Gasteiger partial charge >= 0.3 is 0 Å². The number of carboxylic acid groups (broad SMARTS) is 1. The van der Waals surface area contributed by atoms with Gasteiger partial charge in [-0.1, -0.05) is 0 Å². The number of carbonyl (C=O) groups excluding carboxylic acids is 2. The molecule has 1 aromatic carbocycles. The molecule has 0 saturated carbocycles. The minimum Gasteiger partial charge on any atom is -0.543 e. The Morgan fingerprint density at radius 1 is 1.39 bits per heavy atom. The highest BCUT2D eigenvalue weighted by Crippen LogP contribution is 2.30. The predicted molar refractivity (Wildman–Crippen MR) is 63.5 cm³/mol. The summed E-state index contributed by atoms with van der Waals surface area (Å²) in [5.74, 6) is -1.17. The van der Waals surface area contributed by atoms with Crippen LogP contribution in [0, 0.1) is 0 Å². The monoisotopic (exact) mass is 247 g/mol. The van der Waals surface area contributed by atoms with Crippen LogP contribution in [-0.4, -0.2) is 24.0 Å². The van der Waals surface area contributed by atoms with Gasteiger partial charge in [-0.15, -0.1) is 0 Å². The number of aromatic carboxylic acids is 1. The maximum Gasteiger partial charge on any atom is 0.221 e. The van der Waals surface area contributed by atoms with Gasteiger partial charge < -0.3 is 24.9 Å². The van der Waals surface area contributed by atoms with Crippen molar-refractivity contribution in [2.45, 2.75) is 6.92 Å². The molecule has 6 heteroatoms. The summed E-state index contributed by atoms with van der Waals surface area (Å²) in [5.41, 5.74) is 0.614. The molecule has 1 aromatic heterocycles. The molecule has 0 spiro atoms. The van der Waals surface area contributed by atoms with E-state index in [1.807, 2.05) is 0 Å². The molecule has 94 valence electrons. The van der Waals surface area contributed by atoms with Gasteiger partial charge in [0.05, 0.1) is 24.5 Å². The lowest BCUT2D eigenvalue weighted by molar-refractivity contribution is -0.255. The van der Waals surface area contributed by atoms with Crippen LogP contribution in [0.2, 0.25) is 0 Å². The fraction of sp³-hybridized carbons (Fsp3) is 0.167. The maximum absolute atomic E-state index is 11.1. The first-order chi connectivity index (χ1) is 8.52. The average molecular weight is 247 g/mol. The molecule has 0 atom stereocenters. The van der Waals surface area contributed by atoms with E-state index in [2.05, 4.69) is 10.3 Å². The Hall–Kier alpha value is -2.50. The first kappa shape index (κ1) is 12.0. The Morgan fingerprint density at radius 3 is 2.67 bits per heavy atom. The number of fused-ring (bicyclic) bond motifs is 1. The van der Waals surface area contributed by atoms with Gasteiger partial charge in [-0.2, -0.15) is 0 Å². The summed E-state index contributed by atoms with van der Waals surface area (Å²) < 4.78 is 5.06. The van der Waals surface area contributed by atoms with Gasteiger partial charge in [0.15, 0.2) is 0 Å². The van der Waals surface area contributed by atoms with Gasteiger partial charge in [0.1, 0.15) is 5.75 Å². The van der Waals surface area contributed by atoms with Crippen LogP contribution in [0.4, 0.5) is 5.69 Å². The van der Waals surface area contributed by atoms with Crippen molar-refractivity contribution in [3.8, 4) is 5.75 Å². The fourth-order valence-electron chi connectivity index (χ4n) is 1.76. The van der Waals surface area contributed by atoms with E-state index in [1.165, 1.54) is 14.0 Å². The molecule has 1 amide bonds. The number of ether oxygens (including phenoxy) is 1. The van der Waals surface area contributed by atoms with E-state index in [0.717, 1.165) is 0 Å². The Labute approximate surface area is 103 Å². The number of benzene rings is 1. The minimum atomic E-state index is -1.38. The van der Waals surface area contributed by atoms with E-state index < -0.39 is 5.97 Å². The fourth-order valence-corrected chi connectivity index (χ4v) is 1.76. The molecule has 6 nitrogen and oxygen atoms in total. The number of aromatic amines is 1. The van der Waals surface area contributed by atoms with E-state index in [-0.39, 0.29) is 17.3 Å². The van der Waals surface area contributed by atoms with Crippen molar-refractivity contribution in [1.82, 2.24) is 4.98 Å². The first-order valence-corrected chi connectivity index (χ1v) is 5.21. The van der Waals surface area contributed by atoms with Crippen LogP contribution >= 0.6 is 0 Å². The number of methoxy groups -OCH3 is 1. The molecule has 0 fully saturated rings. The molecule has 0 radical (unpaired) electrons. The summed E-state index contributed by atoms with van der Waals surface area (Å²) >= 11 is 0. The van der Waals surface area contributed by atoms with E-state index in [0.29, 0.717) is 16.7 Å². The van der Waals surface area contributed by atoms with Crippen LogP contribution < -0.4 is 15.2 Å². The summed E-state index contributed by atoms with van der Waals surface area (Å²) in [4.78, 5) is 24.8. The molecular weight excluding hydrogens is 236 g/mol. The van der Waals surface area contributed by atoms with E-state index in [1.54, 1.807) is 18.2 Å². The number of nitrogens with one attached hydrogen (secondary N) is 2. The molecule has 0 aliphatic rings. The highest BCUT2D eigenvalue weighted by atomic mass is 16.5. The van der Waals surface area contributed by atoms with E-state index in [4.69, 9.17) is 4.74 Å². The summed E-state index contributed by atoms with van der Waals surface area (Å²) in [5, 5.41) is 14.0. The van der Waals surface area contributed by atoms with Crippen LogP contribution in [0.5, 0.6) is 5.75 Å². The summed E-state index contributed by atoms with van der Waals surface area (Å²) in [7, 11) is 1.51. The normalized spacial score (nSPS) is 10.3. The zero-order valence-corrected chi connectivity index (χ0v) is 9.87. The smallest absolute Gasteiger partial charge is 0.221 e.